The zero-order chi connectivity index (χ0) is 28.0. The van der Waals surface area contributed by atoms with E-state index in [4.69, 9.17) is 0 Å². The number of imide groups is 1. The van der Waals surface area contributed by atoms with Crippen molar-refractivity contribution in [2.24, 2.45) is 0 Å². The van der Waals surface area contributed by atoms with E-state index in [-0.39, 0.29) is 24.3 Å². The fraction of sp³-hybridized carbons (Fsp3) is 0.400. The molecule has 0 unspecified atom stereocenters. The zero-order valence-corrected chi connectivity index (χ0v) is 15.7. The lowest BCUT2D eigenvalue weighted by atomic mass is 10.1. The molecule has 0 aromatic heterocycles. The molecule has 5 nitrogen and oxygen atoms in total. The first-order valence-corrected chi connectivity index (χ1v) is 7.94. The van der Waals surface area contributed by atoms with Crippen LogP contribution in [0.1, 0.15) is 0 Å². The molecule has 0 aliphatic rings. The fourth-order valence-electron chi connectivity index (χ4n) is 1.88. The molecule has 0 aliphatic carbocycles. The van der Waals surface area contributed by atoms with Gasteiger partial charge >= 0.3 is 54.0 Å². The van der Waals surface area contributed by atoms with Crippen molar-refractivity contribution in [1.82, 2.24) is 0 Å². The van der Waals surface area contributed by atoms with Gasteiger partial charge < -0.3 is 5.32 Å². The van der Waals surface area contributed by atoms with Gasteiger partial charge in [-0.25, -0.2) is 4.90 Å². The van der Waals surface area contributed by atoms with E-state index in [1.165, 1.54) is 0 Å². The molecule has 1 N–H and O–H groups in total. The molecule has 0 radical (unpaired) electrons. The SMILES string of the molecule is O=C(Nc1ccc(N(C(=O)C(F)(F)C(F)(F)F)C(=O)C(F)(F)C(F)(F)F)cc1)C(F)(F)C(F)(F)F. The Kier molecular flexibility index (Phi) is 7.47. The van der Waals surface area contributed by atoms with E-state index in [1.807, 2.05) is 0 Å². The minimum Gasteiger partial charge on any atom is -0.321 e. The number of anilines is 2. The summed E-state index contributed by atoms with van der Waals surface area (Å²) >= 11 is 0. The summed E-state index contributed by atoms with van der Waals surface area (Å²) < 4.78 is 190. The van der Waals surface area contributed by atoms with Crippen LogP contribution in [0.5, 0.6) is 0 Å². The number of hydrogen-bond acceptors (Lipinski definition) is 3. The number of nitrogens with zero attached hydrogens (tertiary/aromatic N) is 1. The lowest BCUT2D eigenvalue weighted by Crippen LogP contribution is -2.60. The van der Waals surface area contributed by atoms with Crippen LogP contribution in [-0.2, 0) is 14.4 Å². The molecule has 1 rings (SSSR count). The average molecular weight is 546 g/mol. The van der Waals surface area contributed by atoms with Crippen LogP contribution in [0.4, 0.5) is 77.2 Å². The summed E-state index contributed by atoms with van der Waals surface area (Å²) in [7, 11) is 0. The second kappa shape index (κ2) is 8.77. The molecule has 0 heterocycles. The smallest absolute Gasteiger partial charge is 0.321 e. The normalized spacial score (nSPS) is 13.9. The minimum atomic E-state index is -6.91. The first-order valence-electron chi connectivity index (χ1n) is 7.94. The molecule has 3 amide bonds. The molecular weight excluding hydrogens is 541 g/mol. The van der Waals surface area contributed by atoms with Crippen molar-refractivity contribution in [2.45, 2.75) is 36.3 Å². The number of carbonyl (C=O) groups excluding carboxylic acids is 3. The van der Waals surface area contributed by atoms with Gasteiger partial charge in [0.05, 0.1) is 5.69 Å². The highest BCUT2D eigenvalue weighted by Gasteiger charge is 2.70. The van der Waals surface area contributed by atoms with Crippen LogP contribution >= 0.6 is 0 Å². The van der Waals surface area contributed by atoms with Gasteiger partial charge in [0, 0.05) is 5.69 Å². The number of halogens is 15. The van der Waals surface area contributed by atoms with E-state index < -0.39 is 70.3 Å². The summed E-state index contributed by atoms with van der Waals surface area (Å²) in [5.74, 6) is -30.4. The summed E-state index contributed by atoms with van der Waals surface area (Å²) in [6.45, 7) is 0. The molecule has 20 heteroatoms. The Morgan fingerprint density at radius 3 is 1.14 bits per heavy atom. The van der Waals surface area contributed by atoms with Crippen LogP contribution < -0.4 is 10.2 Å². The zero-order valence-electron chi connectivity index (χ0n) is 15.7. The van der Waals surface area contributed by atoms with E-state index in [1.54, 1.807) is 0 Å². The van der Waals surface area contributed by atoms with Crippen LogP contribution in [-0.4, -0.2) is 54.0 Å². The third-order valence-electron chi connectivity index (χ3n) is 3.68. The van der Waals surface area contributed by atoms with Crippen LogP contribution in [0, 0.1) is 0 Å². The maximum atomic E-state index is 13.4. The van der Waals surface area contributed by atoms with Crippen LogP contribution in [0.3, 0.4) is 0 Å². The Bertz CT molecular complexity index is 939. The number of carbonyl (C=O) groups is 3. The molecule has 1 aromatic carbocycles. The van der Waals surface area contributed by atoms with E-state index in [2.05, 4.69) is 0 Å². The van der Waals surface area contributed by atoms with Crippen molar-refractivity contribution in [3.05, 3.63) is 24.3 Å². The summed E-state index contributed by atoms with van der Waals surface area (Å²) in [6, 6.07) is -0.360. The highest BCUT2D eigenvalue weighted by atomic mass is 19.4. The lowest BCUT2D eigenvalue weighted by Gasteiger charge is -2.30. The largest absolute Gasteiger partial charge is 0.463 e. The van der Waals surface area contributed by atoms with Gasteiger partial charge in [0.15, 0.2) is 0 Å². The summed E-state index contributed by atoms with van der Waals surface area (Å²) in [5.41, 5.74) is -3.04. The number of amides is 3. The predicted molar refractivity (Wildman–Crippen MR) is 80.6 cm³/mol. The Balaban J connectivity index is 3.52. The van der Waals surface area contributed by atoms with Gasteiger partial charge in [-0.2, -0.15) is 65.9 Å². The first-order chi connectivity index (χ1) is 15.3. The molecule has 0 spiro atoms. The molecule has 0 fully saturated rings. The number of benzene rings is 1. The maximum Gasteiger partial charge on any atom is 0.463 e. The van der Waals surface area contributed by atoms with Gasteiger partial charge in [-0.1, -0.05) is 0 Å². The Morgan fingerprint density at radius 2 is 0.857 bits per heavy atom. The van der Waals surface area contributed by atoms with E-state index in [0.29, 0.717) is 0 Å². The fourth-order valence-corrected chi connectivity index (χ4v) is 1.88. The number of hydrogen-bond donors (Lipinski definition) is 1. The molecule has 0 aliphatic heterocycles. The van der Waals surface area contributed by atoms with Crippen molar-refractivity contribution in [1.29, 1.82) is 0 Å². The van der Waals surface area contributed by atoms with E-state index in [0.717, 1.165) is 5.32 Å². The monoisotopic (exact) mass is 546 g/mol. The predicted octanol–water partition coefficient (Wildman–Crippen LogP) is 5.08. The summed E-state index contributed by atoms with van der Waals surface area (Å²) in [6.07, 6.45) is -20.3. The standard InChI is InChI=1S/C15H5F15N2O3/c16-10(17,13(22,23)24)7(33)31-5-1-3-6(4-2-5)32(8(34)11(18,19)14(25,26)27)9(35)12(20,21)15(28,29)30/h1-4H,(H,31,33). The highest BCUT2D eigenvalue weighted by Crippen LogP contribution is 2.42. The van der Waals surface area contributed by atoms with Gasteiger partial charge in [-0.15, -0.1) is 0 Å². The Morgan fingerprint density at radius 1 is 0.543 bits per heavy atom. The second-order valence-corrected chi connectivity index (χ2v) is 6.16. The number of alkyl halides is 15. The van der Waals surface area contributed by atoms with Crippen LogP contribution in [0.15, 0.2) is 24.3 Å². The van der Waals surface area contributed by atoms with Crippen molar-refractivity contribution < 1.29 is 80.2 Å². The third-order valence-corrected chi connectivity index (χ3v) is 3.68. The lowest BCUT2D eigenvalue weighted by molar-refractivity contribution is -0.273. The topological polar surface area (TPSA) is 66.5 Å². The minimum absolute atomic E-state index is 0.00467. The molecule has 1 aromatic rings. The van der Waals surface area contributed by atoms with Gasteiger partial charge in [0.25, 0.3) is 0 Å². The maximum absolute atomic E-state index is 13.4. The van der Waals surface area contributed by atoms with Crippen molar-refractivity contribution in [3.63, 3.8) is 0 Å². The van der Waals surface area contributed by atoms with Crippen LogP contribution in [0.2, 0.25) is 0 Å². The van der Waals surface area contributed by atoms with Gasteiger partial charge in [-0.3, -0.25) is 14.4 Å². The molecule has 35 heavy (non-hydrogen) atoms. The second-order valence-electron chi connectivity index (χ2n) is 6.16. The van der Waals surface area contributed by atoms with Gasteiger partial charge in [0.1, 0.15) is 0 Å². The molecule has 0 atom stereocenters. The highest BCUT2D eigenvalue weighted by molar-refractivity contribution is 6.19. The molecule has 0 saturated carbocycles. The Labute approximate surface area is 181 Å². The molecule has 0 bridgehead atoms. The third kappa shape index (κ3) is 5.55. The quantitative estimate of drug-likeness (QED) is 0.525. The first kappa shape index (κ1) is 29.8. The van der Waals surface area contributed by atoms with Crippen molar-refractivity contribution >= 4 is 29.1 Å². The van der Waals surface area contributed by atoms with Crippen molar-refractivity contribution in [3.8, 4) is 0 Å². The molecule has 198 valence electrons. The average Bonchev–Trinajstić information content (AvgIpc) is 2.66. The van der Waals surface area contributed by atoms with E-state index >= 15 is 0 Å². The number of nitrogens with one attached hydrogen (secondary N) is 1. The van der Waals surface area contributed by atoms with Crippen molar-refractivity contribution in [2.75, 3.05) is 10.2 Å². The summed E-state index contributed by atoms with van der Waals surface area (Å²) in [4.78, 5) is 32.3. The van der Waals surface area contributed by atoms with Crippen LogP contribution in [0.25, 0.3) is 0 Å². The van der Waals surface area contributed by atoms with E-state index in [9.17, 15) is 80.2 Å². The molecular formula is C15H5F15N2O3. The molecule has 0 saturated heterocycles. The Hall–Kier alpha value is -3.22. The summed E-state index contributed by atoms with van der Waals surface area (Å²) in [5, 5.41) is 0.869. The van der Waals surface area contributed by atoms with Gasteiger partial charge in [0.2, 0.25) is 0 Å². The number of rotatable bonds is 5. The van der Waals surface area contributed by atoms with Gasteiger partial charge in [-0.05, 0) is 24.3 Å².